The third-order valence-electron chi connectivity index (χ3n) is 3.50. The Hall–Kier alpha value is -3.23. The van der Waals surface area contributed by atoms with Crippen molar-refractivity contribution in [2.75, 3.05) is 0 Å². The Labute approximate surface area is 136 Å². The van der Waals surface area contributed by atoms with Crippen molar-refractivity contribution < 1.29 is 27.5 Å². The maximum atomic E-state index is 14.0. The van der Waals surface area contributed by atoms with E-state index in [4.69, 9.17) is 5.11 Å². The van der Waals surface area contributed by atoms with E-state index in [1.165, 1.54) is 12.1 Å². The minimum Gasteiger partial charge on any atom is -0.476 e. The highest BCUT2D eigenvalue weighted by atomic mass is 19.4. The van der Waals surface area contributed by atoms with Crippen LogP contribution in [-0.2, 0) is 6.18 Å². The first-order valence-corrected chi connectivity index (χ1v) is 6.82. The number of benzene rings is 2. The number of alkyl halides is 3. The number of hydrogen-bond acceptors (Lipinski definition) is 3. The Bertz CT molecular complexity index is 1040. The lowest BCUT2D eigenvalue weighted by molar-refractivity contribution is -0.137. The van der Waals surface area contributed by atoms with Crippen molar-refractivity contribution in [3.63, 3.8) is 0 Å². The Morgan fingerprint density at radius 1 is 1.08 bits per heavy atom. The maximum Gasteiger partial charge on any atom is 0.416 e. The van der Waals surface area contributed by atoms with Gasteiger partial charge in [-0.3, -0.25) is 4.79 Å². The van der Waals surface area contributed by atoms with Crippen molar-refractivity contribution in [2.45, 2.75) is 6.18 Å². The molecule has 9 heteroatoms. The molecule has 0 fully saturated rings. The molecule has 2 aromatic carbocycles. The van der Waals surface area contributed by atoms with Crippen LogP contribution in [-0.4, -0.2) is 20.9 Å². The zero-order valence-electron chi connectivity index (χ0n) is 12.2. The molecule has 128 valence electrons. The Morgan fingerprint density at radius 2 is 1.72 bits per heavy atom. The molecule has 1 N–H and O–H groups in total. The lowest BCUT2D eigenvalue weighted by Gasteiger charge is -2.12. The summed E-state index contributed by atoms with van der Waals surface area (Å²) in [7, 11) is 0. The number of rotatable bonds is 2. The predicted octanol–water partition coefficient (Wildman–Crippen LogP) is 3.24. The van der Waals surface area contributed by atoms with Crippen molar-refractivity contribution in [1.82, 2.24) is 9.78 Å². The number of carboxylic acids is 1. The molecule has 3 rings (SSSR count). The molecule has 0 spiro atoms. The summed E-state index contributed by atoms with van der Waals surface area (Å²) in [5, 5.41) is 12.2. The molecule has 0 aliphatic carbocycles. The average molecular weight is 352 g/mol. The monoisotopic (exact) mass is 352 g/mol. The number of nitrogens with zero attached hydrogens (tertiary/aromatic N) is 2. The second kappa shape index (κ2) is 5.69. The third-order valence-corrected chi connectivity index (χ3v) is 3.50. The Balaban J connectivity index is 2.33. The molecular formula is C16H8F4N2O3. The summed E-state index contributed by atoms with van der Waals surface area (Å²) in [4.78, 5) is 23.3. The number of carbonyl (C=O) groups is 1. The van der Waals surface area contributed by atoms with Gasteiger partial charge in [0, 0.05) is 0 Å². The number of fused-ring (bicyclic) bond motifs is 1. The molecule has 1 heterocycles. The van der Waals surface area contributed by atoms with Crippen LogP contribution in [0.15, 0.2) is 47.3 Å². The molecule has 3 aromatic rings. The van der Waals surface area contributed by atoms with E-state index in [2.05, 4.69) is 5.10 Å². The molecule has 0 bridgehead atoms. The van der Waals surface area contributed by atoms with E-state index in [-0.39, 0.29) is 11.2 Å². The highest BCUT2D eigenvalue weighted by Gasteiger charge is 2.30. The first-order valence-electron chi connectivity index (χ1n) is 6.82. The van der Waals surface area contributed by atoms with Crippen molar-refractivity contribution in [2.24, 2.45) is 0 Å². The minimum absolute atomic E-state index is 0.0473. The van der Waals surface area contributed by atoms with Crippen LogP contribution in [0.25, 0.3) is 16.6 Å². The summed E-state index contributed by atoms with van der Waals surface area (Å²) in [6.45, 7) is 0. The zero-order chi connectivity index (χ0) is 18.4. The summed E-state index contributed by atoms with van der Waals surface area (Å²) in [5.74, 6) is -2.62. The lowest BCUT2D eigenvalue weighted by Crippen LogP contribution is -2.23. The van der Waals surface area contributed by atoms with E-state index in [1.54, 1.807) is 0 Å². The van der Waals surface area contributed by atoms with Gasteiger partial charge in [-0.2, -0.15) is 18.3 Å². The van der Waals surface area contributed by atoms with Crippen LogP contribution in [0.5, 0.6) is 0 Å². The molecule has 0 aliphatic rings. The summed E-state index contributed by atoms with van der Waals surface area (Å²) in [5.41, 5.74) is -2.96. The van der Waals surface area contributed by atoms with Crippen molar-refractivity contribution in [3.05, 3.63) is 69.8 Å². The van der Waals surface area contributed by atoms with Crippen LogP contribution in [0.4, 0.5) is 17.6 Å². The summed E-state index contributed by atoms with van der Waals surface area (Å²) in [6.07, 6.45) is -4.55. The molecule has 0 saturated heterocycles. The van der Waals surface area contributed by atoms with Gasteiger partial charge in [0.15, 0.2) is 0 Å². The van der Waals surface area contributed by atoms with Crippen LogP contribution < -0.4 is 5.43 Å². The van der Waals surface area contributed by atoms with Gasteiger partial charge >= 0.3 is 12.1 Å². The van der Waals surface area contributed by atoms with Gasteiger partial charge in [-0.15, -0.1) is 0 Å². The fourth-order valence-electron chi connectivity index (χ4n) is 2.36. The van der Waals surface area contributed by atoms with Gasteiger partial charge in [0.25, 0.3) is 0 Å². The SMILES string of the molecule is O=C(O)c1nn(-c2ccc(C(F)(F)F)cc2)c2cccc(F)c2c1=O. The molecule has 25 heavy (non-hydrogen) atoms. The van der Waals surface area contributed by atoms with E-state index < -0.39 is 40.0 Å². The first-order chi connectivity index (χ1) is 11.7. The second-order valence-electron chi connectivity index (χ2n) is 5.07. The Morgan fingerprint density at radius 3 is 2.28 bits per heavy atom. The van der Waals surface area contributed by atoms with Crippen molar-refractivity contribution in [3.8, 4) is 5.69 Å². The summed E-state index contributed by atoms with van der Waals surface area (Å²) < 4.78 is 52.9. The normalized spacial score (nSPS) is 11.7. The van der Waals surface area contributed by atoms with Crippen LogP contribution in [0.3, 0.4) is 0 Å². The number of hydrogen-bond donors (Lipinski definition) is 1. The molecule has 5 nitrogen and oxygen atoms in total. The van der Waals surface area contributed by atoms with Crippen LogP contribution in [0, 0.1) is 5.82 Å². The van der Waals surface area contributed by atoms with E-state index in [0.717, 1.165) is 35.0 Å². The topological polar surface area (TPSA) is 72.2 Å². The minimum atomic E-state index is -4.55. The van der Waals surface area contributed by atoms with E-state index in [9.17, 15) is 27.2 Å². The van der Waals surface area contributed by atoms with E-state index in [1.807, 2.05) is 0 Å². The zero-order valence-corrected chi connectivity index (χ0v) is 12.2. The predicted molar refractivity (Wildman–Crippen MR) is 79.3 cm³/mol. The number of aromatic carboxylic acids is 1. The average Bonchev–Trinajstić information content (AvgIpc) is 2.54. The van der Waals surface area contributed by atoms with Gasteiger partial charge < -0.3 is 5.11 Å². The van der Waals surface area contributed by atoms with Gasteiger partial charge in [0.2, 0.25) is 11.1 Å². The van der Waals surface area contributed by atoms with E-state index in [0.29, 0.717) is 0 Å². The summed E-state index contributed by atoms with van der Waals surface area (Å²) in [6, 6.07) is 7.23. The highest BCUT2D eigenvalue weighted by Crippen LogP contribution is 2.30. The largest absolute Gasteiger partial charge is 0.476 e. The van der Waals surface area contributed by atoms with E-state index >= 15 is 0 Å². The van der Waals surface area contributed by atoms with Gasteiger partial charge in [0.1, 0.15) is 5.82 Å². The molecule has 0 atom stereocenters. The molecule has 0 saturated carbocycles. The third kappa shape index (κ3) is 2.84. The highest BCUT2D eigenvalue weighted by molar-refractivity contribution is 5.91. The molecule has 1 aromatic heterocycles. The smallest absolute Gasteiger partial charge is 0.416 e. The van der Waals surface area contributed by atoms with Gasteiger partial charge in [-0.25, -0.2) is 13.9 Å². The van der Waals surface area contributed by atoms with Crippen LogP contribution in [0.2, 0.25) is 0 Å². The van der Waals surface area contributed by atoms with Crippen LogP contribution in [0.1, 0.15) is 16.1 Å². The fourth-order valence-corrected chi connectivity index (χ4v) is 2.36. The number of carboxylic acid groups (broad SMARTS) is 1. The number of aromatic nitrogens is 2. The number of halogens is 4. The van der Waals surface area contributed by atoms with Gasteiger partial charge in [0.05, 0.1) is 22.2 Å². The maximum absolute atomic E-state index is 14.0. The van der Waals surface area contributed by atoms with Gasteiger partial charge in [-0.05, 0) is 36.4 Å². The van der Waals surface area contributed by atoms with Crippen molar-refractivity contribution >= 4 is 16.9 Å². The first kappa shape index (κ1) is 16.6. The molecule has 0 aliphatic heterocycles. The molecule has 0 unspecified atom stereocenters. The molecule has 0 amide bonds. The van der Waals surface area contributed by atoms with Gasteiger partial charge in [-0.1, -0.05) is 6.07 Å². The molecular weight excluding hydrogens is 344 g/mol. The molecule has 0 radical (unpaired) electrons. The summed E-state index contributed by atoms with van der Waals surface area (Å²) >= 11 is 0. The fraction of sp³-hybridized carbons (Fsp3) is 0.0625. The van der Waals surface area contributed by atoms with Crippen LogP contribution >= 0.6 is 0 Å². The second-order valence-corrected chi connectivity index (χ2v) is 5.07. The standard InChI is InChI=1S/C16H8F4N2O3/c17-10-2-1-3-11-12(10)14(23)13(15(24)25)21-22(11)9-6-4-8(5-7-9)16(18,19)20/h1-7H,(H,24,25). The lowest BCUT2D eigenvalue weighted by atomic mass is 10.1. The Kier molecular flexibility index (Phi) is 3.78. The quantitative estimate of drug-likeness (QED) is 0.719. The van der Waals surface area contributed by atoms with Crippen molar-refractivity contribution in [1.29, 1.82) is 0 Å².